The summed E-state index contributed by atoms with van der Waals surface area (Å²) in [6.07, 6.45) is 7.39. The summed E-state index contributed by atoms with van der Waals surface area (Å²) in [6.45, 7) is 4.48. The van der Waals surface area contributed by atoms with Crippen LogP contribution in [0.15, 0.2) is 18.2 Å². The molecule has 1 saturated heterocycles. The van der Waals surface area contributed by atoms with Crippen LogP contribution in [0, 0.1) is 29.0 Å². The molecule has 0 spiro atoms. The van der Waals surface area contributed by atoms with E-state index in [0.29, 0.717) is 44.2 Å². The second kappa shape index (κ2) is 8.57. The average Bonchev–Trinajstić information content (AvgIpc) is 2.87. The number of hydrogen-bond acceptors (Lipinski definition) is 5. The molecule has 2 amide bonds. The van der Waals surface area contributed by atoms with Crippen LogP contribution in [0.25, 0.3) is 0 Å². The Labute approximate surface area is 200 Å². The van der Waals surface area contributed by atoms with Gasteiger partial charge in [-0.05, 0) is 79.9 Å². The van der Waals surface area contributed by atoms with Gasteiger partial charge >= 0.3 is 0 Å². The highest BCUT2D eigenvalue weighted by molar-refractivity contribution is 6.20. The van der Waals surface area contributed by atoms with Crippen LogP contribution in [0.3, 0.4) is 0 Å². The molecule has 0 aromatic heterocycles. The maximum atomic E-state index is 14.5. The Kier molecular flexibility index (Phi) is 5.66. The minimum absolute atomic E-state index is 0.0851. The van der Waals surface area contributed by atoms with Crippen molar-refractivity contribution in [3.8, 4) is 0 Å². The van der Waals surface area contributed by atoms with Gasteiger partial charge in [0.05, 0.1) is 24.6 Å². The number of nitrogens with zero attached hydrogens (tertiary/aromatic N) is 3. The van der Waals surface area contributed by atoms with Crippen LogP contribution in [-0.2, 0) is 14.3 Å². The lowest BCUT2D eigenvalue weighted by atomic mass is 9.49. The molecule has 2 heterocycles. The SMILES string of the molecule is NC1C(=O)N(CCN2CCOCC2)c2cc(F)ccc2N(CC23CC4CC(CC(C4)C2)C3)C1=O. The molecule has 7 rings (SSSR count). The normalized spacial score (nSPS) is 35.6. The van der Waals surface area contributed by atoms with Crippen molar-refractivity contribution in [2.24, 2.45) is 28.9 Å². The fourth-order valence-electron chi connectivity index (χ4n) is 7.90. The van der Waals surface area contributed by atoms with E-state index in [-0.39, 0.29) is 11.3 Å². The van der Waals surface area contributed by atoms with Gasteiger partial charge in [0.2, 0.25) is 0 Å². The van der Waals surface area contributed by atoms with Gasteiger partial charge in [-0.2, -0.15) is 0 Å². The van der Waals surface area contributed by atoms with Crippen molar-refractivity contribution in [2.45, 2.75) is 44.6 Å². The maximum absolute atomic E-state index is 14.5. The van der Waals surface area contributed by atoms with E-state index in [1.165, 1.54) is 36.3 Å². The molecule has 4 bridgehead atoms. The highest BCUT2D eigenvalue weighted by Gasteiger charge is 2.52. The number of morpholine rings is 1. The highest BCUT2D eigenvalue weighted by atomic mass is 19.1. The third-order valence-electron chi connectivity index (χ3n) is 8.99. The summed E-state index contributed by atoms with van der Waals surface area (Å²) in [7, 11) is 0. The van der Waals surface area contributed by atoms with Gasteiger partial charge in [-0.1, -0.05) is 0 Å². The topological polar surface area (TPSA) is 79.1 Å². The summed E-state index contributed by atoms with van der Waals surface area (Å²) in [4.78, 5) is 32.5. The van der Waals surface area contributed by atoms with E-state index < -0.39 is 17.8 Å². The van der Waals surface area contributed by atoms with E-state index in [4.69, 9.17) is 10.5 Å². The average molecular weight is 471 g/mol. The zero-order chi connectivity index (χ0) is 23.4. The largest absolute Gasteiger partial charge is 0.379 e. The van der Waals surface area contributed by atoms with Crippen molar-refractivity contribution in [1.82, 2.24) is 4.90 Å². The third kappa shape index (κ3) is 3.93. The summed E-state index contributed by atoms with van der Waals surface area (Å²) < 4.78 is 19.9. The minimum Gasteiger partial charge on any atom is -0.379 e. The Balaban J connectivity index is 1.32. The number of hydrogen-bond donors (Lipinski definition) is 1. The van der Waals surface area contributed by atoms with Gasteiger partial charge in [-0.25, -0.2) is 4.39 Å². The van der Waals surface area contributed by atoms with Gasteiger partial charge in [0.25, 0.3) is 11.8 Å². The predicted octanol–water partition coefficient (Wildman–Crippen LogP) is 2.38. The monoisotopic (exact) mass is 470 g/mol. The molecule has 4 aliphatic carbocycles. The Hall–Kier alpha value is -2.03. The van der Waals surface area contributed by atoms with Crippen molar-refractivity contribution in [3.05, 3.63) is 24.0 Å². The van der Waals surface area contributed by atoms with E-state index in [9.17, 15) is 14.0 Å². The van der Waals surface area contributed by atoms with Crippen LogP contribution in [0.5, 0.6) is 0 Å². The zero-order valence-electron chi connectivity index (χ0n) is 19.8. The van der Waals surface area contributed by atoms with E-state index in [2.05, 4.69) is 4.90 Å². The van der Waals surface area contributed by atoms with Crippen molar-refractivity contribution in [1.29, 1.82) is 0 Å². The molecule has 7 nitrogen and oxygen atoms in total. The summed E-state index contributed by atoms with van der Waals surface area (Å²) in [5.41, 5.74) is 7.45. The molecule has 1 aromatic carbocycles. The standard InChI is InChI=1S/C26H35FN4O3/c27-20-1-2-21-22(12-20)30(4-3-29-5-7-34-8-6-29)24(32)23(28)25(33)31(21)16-26-13-17-9-18(14-26)11-19(10-17)15-26/h1-2,12,17-19,23H,3-11,13-16,28H2. The number of anilines is 2. The highest BCUT2D eigenvalue weighted by Crippen LogP contribution is 2.60. The van der Waals surface area contributed by atoms with Gasteiger partial charge < -0.3 is 20.3 Å². The van der Waals surface area contributed by atoms with Gasteiger partial charge in [-0.15, -0.1) is 0 Å². The fraction of sp³-hybridized carbons (Fsp3) is 0.692. The molecule has 6 aliphatic rings. The molecule has 1 aromatic rings. The van der Waals surface area contributed by atoms with Crippen molar-refractivity contribution in [2.75, 3.05) is 55.7 Å². The van der Waals surface area contributed by atoms with Gasteiger partial charge in [0.1, 0.15) is 5.82 Å². The second-order valence-electron chi connectivity index (χ2n) is 11.4. The van der Waals surface area contributed by atoms with Crippen LogP contribution in [0.1, 0.15) is 38.5 Å². The Morgan fingerprint density at radius 1 is 0.912 bits per heavy atom. The maximum Gasteiger partial charge on any atom is 0.253 e. The van der Waals surface area contributed by atoms with Crippen molar-refractivity contribution in [3.63, 3.8) is 0 Å². The summed E-state index contributed by atoms with van der Waals surface area (Å²) in [5, 5.41) is 0. The fourth-order valence-corrected chi connectivity index (χ4v) is 7.90. The first kappa shape index (κ1) is 22.4. The Morgan fingerprint density at radius 2 is 1.53 bits per heavy atom. The number of rotatable bonds is 5. The van der Waals surface area contributed by atoms with Gasteiger partial charge in [0, 0.05) is 32.7 Å². The molecule has 1 unspecified atom stereocenters. The van der Waals surface area contributed by atoms with Crippen LogP contribution >= 0.6 is 0 Å². The van der Waals surface area contributed by atoms with Crippen LogP contribution in [-0.4, -0.2) is 68.7 Å². The number of halogens is 1. The molecular weight excluding hydrogens is 435 g/mol. The van der Waals surface area contributed by atoms with Gasteiger partial charge in [0.15, 0.2) is 6.04 Å². The van der Waals surface area contributed by atoms with E-state index in [0.717, 1.165) is 50.1 Å². The van der Waals surface area contributed by atoms with Crippen LogP contribution < -0.4 is 15.5 Å². The number of fused-ring (bicyclic) bond motifs is 1. The molecule has 0 radical (unpaired) electrons. The van der Waals surface area contributed by atoms with Crippen molar-refractivity contribution >= 4 is 23.2 Å². The smallest absolute Gasteiger partial charge is 0.253 e. The van der Waals surface area contributed by atoms with Gasteiger partial charge in [-0.3, -0.25) is 14.5 Å². The summed E-state index contributed by atoms with van der Waals surface area (Å²) in [6, 6.07) is 3.18. The molecule has 184 valence electrons. The summed E-state index contributed by atoms with van der Waals surface area (Å²) in [5.74, 6) is 1.03. The van der Waals surface area contributed by atoms with Crippen molar-refractivity contribution < 1.29 is 18.7 Å². The number of carbonyl (C=O) groups excluding carboxylic acids is 2. The Bertz CT molecular complexity index is 944. The van der Waals surface area contributed by atoms with Crippen LogP contribution in [0.2, 0.25) is 0 Å². The lowest BCUT2D eigenvalue weighted by Gasteiger charge is -2.57. The summed E-state index contributed by atoms with van der Waals surface area (Å²) >= 11 is 0. The number of ether oxygens (including phenoxy) is 1. The molecular formula is C26H35FN4O3. The number of benzene rings is 1. The van der Waals surface area contributed by atoms with E-state index in [1.54, 1.807) is 11.0 Å². The molecule has 2 N–H and O–H groups in total. The molecule has 8 heteroatoms. The van der Waals surface area contributed by atoms with Crippen LogP contribution in [0.4, 0.5) is 15.8 Å². The third-order valence-corrected chi connectivity index (χ3v) is 8.99. The minimum atomic E-state index is -1.27. The number of amides is 2. The number of nitrogens with two attached hydrogens (primary N) is 1. The molecule has 1 atom stereocenters. The number of carbonyl (C=O) groups is 2. The van der Waals surface area contributed by atoms with E-state index in [1.807, 2.05) is 0 Å². The van der Waals surface area contributed by atoms with E-state index >= 15 is 0 Å². The second-order valence-corrected chi connectivity index (χ2v) is 11.4. The first-order valence-corrected chi connectivity index (χ1v) is 12.9. The Morgan fingerprint density at radius 3 is 2.18 bits per heavy atom. The first-order chi connectivity index (χ1) is 16.4. The molecule has 34 heavy (non-hydrogen) atoms. The lowest BCUT2D eigenvalue weighted by molar-refractivity contribution is -0.129. The molecule has 2 aliphatic heterocycles. The quantitative estimate of drug-likeness (QED) is 0.669. The first-order valence-electron chi connectivity index (χ1n) is 12.9. The molecule has 4 saturated carbocycles. The lowest BCUT2D eigenvalue weighted by Crippen LogP contribution is -2.56. The predicted molar refractivity (Wildman–Crippen MR) is 127 cm³/mol. The zero-order valence-corrected chi connectivity index (χ0v) is 19.8. The molecule has 5 fully saturated rings.